The van der Waals surface area contributed by atoms with Gasteiger partial charge in [0.1, 0.15) is 12.0 Å². The number of carbonyl (C=O) groups is 1. The molecule has 0 spiro atoms. The van der Waals surface area contributed by atoms with Crippen molar-refractivity contribution in [1.29, 1.82) is 0 Å². The van der Waals surface area contributed by atoms with Crippen LogP contribution in [-0.2, 0) is 6.54 Å². The molecular formula is C18H16N6O3. The lowest BCUT2D eigenvalue weighted by molar-refractivity contribution is 0.101. The Morgan fingerprint density at radius 3 is 2.85 bits per heavy atom. The first-order valence-electron chi connectivity index (χ1n) is 8.45. The average molecular weight is 364 g/mol. The number of rotatable bonds is 4. The van der Waals surface area contributed by atoms with Gasteiger partial charge in [0.2, 0.25) is 0 Å². The fourth-order valence-corrected chi connectivity index (χ4v) is 2.95. The average Bonchev–Trinajstić information content (AvgIpc) is 3.08. The number of aromatic amines is 1. The van der Waals surface area contributed by atoms with Crippen molar-refractivity contribution in [3.8, 4) is 0 Å². The molecule has 0 radical (unpaired) electrons. The lowest BCUT2D eigenvalue weighted by Gasteiger charge is -2.09. The van der Waals surface area contributed by atoms with Gasteiger partial charge in [0, 0.05) is 12.7 Å². The fraction of sp³-hybridized carbons (Fsp3) is 0.167. The number of amides is 1. The summed E-state index contributed by atoms with van der Waals surface area (Å²) in [6.07, 6.45) is 3.56. The number of H-pyrrole nitrogens is 1. The molecule has 0 saturated carbocycles. The molecule has 0 unspecified atom stereocenters. The highest BCUT2D eigenvalue weighted by Gasteiger charge is 2.14. The zero-order chi connectivity index (χ0) is 19.0. The Morgan fingerprint density at radius 2 is 2.04 bits per heavy atom. The zero-order valence-electron chi connectivity index (χ0n) is 14.5. The Morgan fingerprint density at radius 1 is 1.22 bits per heavy atom. The van der Waals surface area contributed by atoms with Crippen molar-refractivity contribution in [2.75, 3.05) is 5.43 Å². The van der Waals surface area contributed by atoms with Gasteiger partial charge in [0.05, 0.1) is 22.0 Å². The highest BCUT2D eigenvalue weighted by molar-refractivity contribution is 6.02. The molecule has 0 aliphatic heterocycles. The van der Waals surface area contributed by atoms with E-state index < -0.39 is 17.2 Å². The van der Waals surface area contributed by atoms with Crippen LogP contribution in [0.25, 0.3) is 22.1 Å². The highest BCUT2D eigenvalue weighted by Crippen LogP contribution is 2.12. The number of aromatic nitrogens is 5. The van der Waals surface area contributed by atoms with Crippen LogP contribution >= 0.6 is 0 Å². The van der Waals surface area contributed by atoms with Crippen LogP contribution in [0.3, 0.4) is 0 Å². The molecule has 3 heterocycles. The summed E-state index contributed by atoms with van der Waals surface area (Å²) in [7, 11) is 0. The number of benzene rings is 1. The van der Waals surface area contributed by atoms with E-state index in [0.717, 1.165) is 11.0 Å². The van der Waals surface area contributed by atoms with Gasteiger partial charge in [0.15, 0.2) is 0 Å². The van der Waals surface area contributed by atoms with Crippen LogP contribution in [-0.4, -0.2) is 30.1 Å². The molecule has 3 aromatic heterocycles. The molecule has 2 N–H and O–H groups in total. The van der Waals surface area contributed by atoms with Crippen LogP contribution in [0, 0.1) is 0 Å². The maximum Gasteiger partial charge on any atom is 0.329 e. The molecule has 0 fully saturated rings. The van der Waals surface area contributed by atoms with Gasteiger partial charge in [-0.25, -0.2) is 19.4 Å². The first-order valence-corrected chi connectivity index (χ1v) is 8.45. The van der Waals surface area contributed by atoms with Gasteiger partial charge in [-0.1, -0.05) is 19.1 Å². The summed E-state index contributed by atoms with van der Waals surface area (Å²) in [6, 6.07) is 8.80. The monoisotopic (exact) mass is 364 g/mol. The smallest absolute Gasteiger partial charge is 0.278 e. The molecule has 0 aliphatic carbocycles. The predicted molar refractivity (Wildman–Crippen MR) is 100 cm³/mol. The Labute approximate surface area is 152 Å². The van der Waals surface area contributed by atoms with Crippen molar-refractivity contribution in [1.82, 2.24) is 24.2 Å². The Bertz CT molecular complexity index is 1280. The van der Waals surface area contributed by atoms with E-state index in [9.17, 15) is 14.4 Å². The van der Waals surface area contributed by atoms with Gasteiger partial charge in [-0.2, -0.15) is 0 Å². The number of pyridine rings is 1. The van der Waals surface area contributed by atoms with Gasteiger partial charge in [0.25, 0.3) is 11.5 Å². The minimum absolute atomic E-state index is 0.186. The minimum atomic E-state index is -0.572. The number of fused-ring (bicyclic) bond motifs is 2. The Kier molecular flexibility index (Phi) is 4.03. The van der Waals surface area contributed by atoms with E-state index >= 15 is 0 Å². The second-order valence-electron chi connectivity index (χ2n) is 6.05. The number of nitrogens with zero attached hydrogens (tertiary/aromatic N) is 4. The molecule has 0 saturated heterocycles. The molecular weight excluding hydrogens is 348 g/mol. The molecule has 4 rings (SSSR count). The molecule has 9 nitrogen and oxygen atoms in total. The first-order chi connectivity index (χ1) is 13.1. The summed E-state index contributed by atoms with van der Waals surface area (Å²) in [5, 5.41) is 0.186. The normalized spacial score (nSPS) is 11.1. The molecule has 0 bridgehead atoms. The predicted octanol–water partition coefficient (Wildman–Crippen LogP) is 1.23. The molecule has 4 aromatic rings. The maximum absolute atomic E-state index is 12.6. The molecule has 27 heavy (non-hydrogen) atoms. The second kappa shape index (κ2) is 6.52. The number of hydrogen-bond donors (Lipinski definition) is 2. The van der Waals surface area contributed by atoms with Crippen LogP contribution in [0.1, 0.15) is 23.7 Å². The van der Waals surface area contributed by atoms with Crippen molar-refractivity contribution in [2.45, 2.75) is 19.9 Å². The standard InChI is InChI=1S/C18H16N6O3/c1-2-7-23-15-12(17(26)21-18(23)27)8-11(9-19-15)16(25)22-24-10-20-13-5-3-4-6-14(13)24/h3-6,8-10H,2,7H2,1H3,(H,22,25)(H,21,26,27). The molecule has 0 atom stereocenters. The number of para-hydroxylation sites is 2. The Hall–Kier alpha value is -3.75. The van der Waals surface area contributed by atoms with E-state index in [-0.39, 0.29) is 16.6 Å². The second-order valence-corrected chi connectivity index (χ2v) is 6.05. The number of hydrogen-bond acceptors (Lipinski definition) is 5. The van der Waals surface area contributed by atoms with Gasteiger partial charge < -0.3 is 0 Å². The van der Waals surface area contributed by atoms with Crippen molar-refractivity contribution in [3.05, 3.63) is 69.3 Å². The molecule has 9 heteroatoms. The SMILES string of the molecule is CCCn1c(=O)[nH]c(=O)c2cc(C(=O)Nn3cnc4ccccc43)cnc21. The molecule has 0 aliphatic rings. The van der Waals surface area contributed by atoms with E-state index in [1.807, 2.05) is 31.2 Å². The quantitative estimate of drug-likeness (QED) is 0.565. The summed E-state index contributed by atoms with van der Waals surface area (Å²) >= 11 is 0. The van der Waals surface area contributed by atoms with Crippen LogP contribution in [0.15, 0.2) is 52.4 Å². The Balaban J connectivity index is 1.74. The van der Waals surface area contributed by atoms with Gasteiger partial charge in [-0.05, 0) is 24.6 Å². The van der Waals surface area contributed by atoms with Gasteiger partial charge in [-0.15, -0.1) is 0 Å². The lowest BCUT2D eigenvalue weighted by Crippen LogP contribution is -2.31. The highest BCUT2D eigenvalue weighted by atomic mass is 16.2. The van der Waals surface area contributed by atoms with E-state index in [4.69, 9.17) is 0 Å². The van der Waals surface area contributed by atoms with Crippen LogP contribution in [0.5, 0.6) is 0 Å². The van der Waals surface area contributed by atoms with E-state index in [0.29, 0.717) is 13.0 Å². The van der Waals surface area contributed by atoms with Gasteiger partial charge in [-0.3, -0.25) is 24.6 Å². The third kappa shape index (κ3) is 2.88. The topological polar surface area (TPSA) is 115 Å². The lowest BCUT2D eigenvalue weighted by atomic mass is 10.2. The molecule has 1 amide bonds. The third-order valence-electron chi connectivity index (χ3n) is 4.22. The first kappa shape index (κ1) is 16.7. The minimum Gasteiger partial charge on any atom is -0.278 e. The fourth-order valence-electron chi connectivity index (χ4n) is 2.95. The van der Waals surface area contributed by atoms with Crippen molar-refractivity contribution in [3.63, 3.8) is 0 Å². The summed E-state index contributed by atoms with van der Waals surface area (Å²) in [4.78, 5) is 47.4. The van der Waals surface area contributed by atoms with Crippen molar-refractivity contribution >= 4 is 28.0 Å². The number of imidazole rings is 1. The van der Waals surface area contributed by atoms with Crippen LogP contribution < -0.4 is 16.7 Å². The maximum atomic E-state index is 12.6. The van der Waals surface area contributed by atoms with Gasteiger partial charge >= 0.3 is 5.69 Å². The number of aryl methyl sites for hydroxylation is 1. The van der Waals surface area contributed by atoms with Crippen molar-refractivity contribution in [2.24, 2.45) is 0 Å². The van der Waals surface area contributed by atoms with E-state index in [2.05, 4.69) is 20.4 Å². The largest absolute Gasteiger partial charge is 0.329 e. The molecule has 1 aromatic carbocycles. The zero-order valence-corrected chi connectivity index (χ0v) is 14.5. The summed E-state index contributed by atoms with van der Waals surface area (Å²) in [6.45, 7) is 2.34. The van der Waals surface area contributed by atoms with E-state index in [1.165, 1.54) is 27.8 Å². The van der Waals surface area contributed by atoms with Crippen molar-refractivity contribution < 1.29 is 4.79 Å². The third-order valence-corrected chi connectivity index (χ3v) is 4.22. The van der Waals surface area contributed by atoms with Crippen LogP contribution in [0.2, 0.25) is 0 Å². The van der Waals surface area contributed by atoms with Crippen LogP contribution in [0.4, 0.5) is 0 Å². The summed E-state index contributed by atoms with van der Waals surface area (Å²) in [5.74, 6) is -0.444. The molecule has 136 valence electrons. The number of nitrogens with one attached hydrogen (secondary N) is 2. The summed E-state index contributed by atoms with van der Waals surface area (Å²) in [5.41, 5.74) is 3.58. The number of carbonyl (C=O) groups excluding carboxylic acids is 1. The summed E-state index contributed by atoms with van der Waals surface area (Å²) < 4.78 is 2.89. The van der Waals surface area contributed by atoms with E-state index in [1.54, 1.807) is 0 Å².